The van der Waals surface area contributed by atoms with Crippen LogP contribution in [0.3, 0.4) is 0 Å². The van der Waals surface area contributed by atoms with E-state index in [0.717, 1.165) is 37.0 Å². The predicted octanol–water partition coefficient (Wildman–Crippen LogP) is 2.94. The Morgan fingerprint density at radius 2 is 1.79 bits per heavy atom. The van der Waals surface area contributed by atoms with Gasteiger partial charge >= 0.3 is 0 Å². The molecular formula is C23H26N4O2. The number of piperidine rings is 1. The first kappa shape index (κ1) is 19.2. The number of likely N-dealkylation sites (tertiary alicyclic amines) is 1. The first-order chi connectivity index (χ1) is 14.2. The van der Waals surface area contributed by atoms with Crippen LogP contribution in [-0.4, -0.2) is 45.7 Å². The summed E-state index contributed by atoms with van der Waals surface area (Å²) in [6.45, 7) is 1.90. The van der Waals surface area contributed by atoms with E-state index in [4.69, 9.17) is 0 Å². The second kappa shape index (κ2) is 8.90. The number of rotatable bonds is 6. The molecular weight excluding hydrogens is 364 g/mol. The van der Waals surface area contributed by atoms with Crippen LogP contribution in [0.4, 0.5) is 0 Å². The first-order valence-corrected chi connectivity index (χ1v) is 10.3. The number of imidazole rings is 1. The van der Waals surface area contributed by atoms with Gasteiger partial charge in [-0.25, -0.2) is 4.98 Å². The van der Waals surface area contributed by atoms with Crippen molar-refractivity contribution in [2.45, 2.75) is 25.7 Å². The maximum Gasteiger partial charge on any atom is 0.253 e. The third kappa shape index (κ3) is 4.47. The van der Waals surface area contributed by atoms with Gasteiger partial charge in [0, 0.05) is 43.7 Å². The van der Waals surface area contributed by atoms with Crippen molar-refractivity contribution in [3.8, 4) is 0 Å². The van der Waals surface area contributed by atoms with Crippen LogP contribution in [0.25, 0.3) is 5.52 Å². The second-order valence-corrected chi connectivity index (χ2v) is 7.50. The molecule has 0 radical (unpaired) electrons. The Balaban J connectivity index is 1.20. The fraction of sp³-hybridized carbons (Fsp3) is 0.348. The Hall–Kier alpha value is -3.15. The molecule has 0 atom stereocenters. The van der Waals surface area contributed by atoms with E-state index in [2.05, 4.69) is 14.7 Å². The summed E-state index contributed by atoms with van der Waals surface area (Å²) >= 11 is 0. The maximum atomic E-state index is 12.5. The lowest BCUT2D eigenvalue weighted by Gasteiger charge is -2.31. The van der Waals surface area contributed by atoms with E-state index >= 15 is 0 Å². The fourth-order valence-corrected chi connectivity index (χ4v) is 3.89. The molecule has 0 bridgehead atoms. The maximum absolute atomic E-state index is 12.5. The van der Waals surface area contributed by atoms with Gasteiger partial charge in [-0.1, -0.05) is 24.3 Å². The van der Waals surface area contributed by atoms with Gasteiger partial charge < -0.3 is 14.6 Å². The van der Waals surface area contributed by atoms with Crippen molar-refractivity contribution < 1.29 is 9.59 Å². The summed E-state index contributed by atoms with van der Waals surface area (Å²) in [7, 11) is 0. The highest BCUT2D eigenvalue weighted by molar-refractivity contribution is 5.94. The number of amides is 2. The van der Waals surface area contributed by atoms with Gasteiger partial charge in [-0.2, -0.15) is 0 Å². The number of aromatic nitrogens is 2. The Kier molecular flexibility index (Phi) is 5.89. The van der Waals surface area contributed by atoms with E-state index in [1.54, 1.807) is 0 Å². The van der Waals surface area contributed by atoms with Gasteiger partial charge in [0.15, 0.2) is 0 Å². The molecule has 0 aliphatic carbocycles. The second-order valence-electron chi connectivity index (χ2n) is 7.50. The van der Waals surface area contributed by atoms with Gasteiger partial charge in [-0.05, 0) is 43.5 Å². The summed E-state index contributed by atoms with van der Waals surface area (Å²) < 4.78 is 2.08. The minimum atomic E-state index is -0.0120. The Bertz CT molecular complexity index is 975. The molecule has 0 saturated carbocycles. The molecule has 2 amide bonds. The van der Waals surface area contributed by atoms with Gasteiger partial charge in [0.05, 0.1) is 11.7 Å². The minimum absolute atomic E-state index is 0.0120. The molecule has 6 nitrogen and oxygen atoms in total. The van der Waals surface area contributed by atoms with E-state index in [9.17, 15) is 9.59 Å². The van der Waals surface area contributed by atoms with Gasteiger partial charge in [0.1, 0.15) is 5.82 Å². The van der Waals surface area contributed by atoms with Crippen molar-refractivity contribution in [1.29, 1.82) is 0 Å². The molecule has 1 aliphatic heterocycles. The van der Waals surface area contributed by atoms with Crippen LogP contribution in [0.2, 0.25) is 0 Å². The standard InChI is InChI=1S/C23H26N4O2/c28-22(24-13-6-10-21-25-17-20-9-4-5-14-27(20)21)18-11-15-26(16-12-18)23(29)19-7-2-1-3-8-19/h1-5,7-9,14,17-18H,6,10-13,15-16H2,(H,24,28). The number of carbonyl (C=O) groups is 2. The monoisotopic (exact) mass is 390 g/mol. The highest BCUT2D eigenvalue weighted by Gasteiger charge is 2.27. The lowest BCUT2D eigenvalue weighted by atomic mass is 9.95. The van der Waals surface area contributed by atoms with Crippen LogP contribution in [0.15, 0.2) is 60.9 Å². The molecule has 6 heteroatoms. The minimum Gasteiger partial charge on any atom is -0.356 e. The van der Waals surface area contributed by atoms with E-state index < -0.39 is 0 Å². The summed E-state index contributed by atoms with van der Waals surface area (Å²) in [6.07, 6.45) is 7.00. The highest BCUT2D eigenvalue weighted by Crippen LogP contribution is 2.19. The largest absolute Gasteiger partial charge is 0.356 e. The summed E-state index contributed by atoms with van der Waals surface area (Å²) in [6, 6.07) is 15.4. The van der Waals surface area contributed by atoms with Crippen LogP contribution in [0, 0.1) is 5.92 Å². The zero-order valence-corrected chi connectivity index (χ0v) is 16.5. The van der Waals surface area contributed by atoms with Crippen LogP contribution in [0.5, 0.6) is 0 Å². The van der Waals surface area contributed by atoms with Crippen LogP contribution < -0.4 is 5.32 Å². The molecule has 29 heavy (non-hydrogen) atoms. The number of pyridine rings is 1. The van der Waals surface area contributed by atoms with Gasteiger partial charge in [-0.3, -0.25) is 9.59 Å². The van der Waals surface area contributed by atoms with Crippen LogP contribution >= 0.6 is 0 Å². The predicted molar refractivity (Wildman–Crippen MR) is 112 cm³/mol. The van der Waals surface area contributed by atoms with Crippen molar-refractivity contribution >= 4 is 17.3 Å². The number of hydrogen-bond acceptors (Lipinski definition) is 3. The van der Waals surface area contributed by atoms with Crippen LogP contribution in [-0.2, 0) is 11.2 Å². The van der Waals surface area contributed by atoms with Gasteiger partial charge in [0.25, 0.3) is 5.91 Å². The fourth-order valence-electron chi connectivity index (χ4n) is 3.89. The molecule has 1 saturated heterocycles. The van der Waals surface area contributed by atoms with Crippen molar-refractivity contribution in [2.75, 3.05) is 19.6 Å². The SMILES string of the molecule is O=C(NCCCc1ncc2ccccn12)C1CCN(C(=O)c2ccccc2)CC1. The molecule has 1 aliphatic rings. The molecule has 3 heterocycles. The summed E-state index contributed by atoms with van der Waals surface area (Å²) in [4.78, 5) is 31.3. The smallest absolute Gasteiger partial charge is 0.253 e. The Morgan fingerprint density at radius 3 is 2.59 bits per heavy atom. The van der Waals surface area contributed by atoms with Gasteiger partial charge in [0.2, 0.25) is 5.91 Å². The number of nitrogens with zero attached hydrogens (tertiary/aromatic N) is 3. The summed E-state index contributed by atoms with van der Waals surface area (Å²) in [5.41, 5.74) is 1.80. The number of hydrogen-bond donors (Lipinski definition) is 1. The number of nitrogens with one attached hydrogen (secondary N) is 1. The molecule has 1 fully saturated rings. The van der Waals surface area contributed by atoms with Crippen molar-refractivity contribution in [2.24, 2.45) is 5.92 Å². The summed E-state index contributed by atoms with van der Waals surface area (Å²) in [5.74, 6) is 1.16. The number of fused-ring (bicyclic) bond motifs is 1. The third-order valence-electron chi connectivity index (χ3n) is 5.57. The molecule has 150 valence electrons. The topological polar surface area (TPSA) is 66.7 Å². The Morgan fingerprint density at radius 1 is 1.03 bits per heavy atom. The van der Waals surface area contributed by atoms with E-state index in [1.165, 1.54) is 0 Å². The molecule has 3 aromatic rings. The zero-order valence-electron chi connectivity index (χ0n) is 16.5. The lowest BCUT2D eigenvalue weighted by Crippen LogP contribution is -2.43. The van der Waals surface area contributed by atoms with E-state index in [0.29, 0.717) is 25.2 Å². The molecule has 1 aromatic carbocycles. The number of carbonyl (C=O) groups excluding carboxylic acids is 2. The average Bonchev–Trinajstić information content (AvgIpc) is 3.20. The zero-order chi connectivity index (χ0) is 20.1. The normalized spacial score (nSPS) is 14.8. The van der Waals surface area contributed by atoms with E-state index in [-0.39, 0.29) is 17.7 Å². The first-order valence-electron chi connectivity index (χ1n) is 10.3. The molecule has 1 N–H and O–H groups in total. The van der Waals surface area contributed by atoms with E-state index in [1.807, 2.05) is 65.8 Å². The third-order valence-corrected chi connectivity index (χ3v) is 5.57. The molecule has 2 aromatic heterocycles. The van der Waals surface area contributed by atoms with Crippen molar-refractivity contribution in [3.05, 3.63) is 72.3 Å². The molecule has 4 rings (SSSR count). The molecule has 0 spiro atoms. The molecule has 0 unspecified atom stereocenters. The average molecular weight is 390 g/mol. The van der Waals surface area contributed by atoms with Crippen molar-refractivity contribution in [1.82, 2.24) is 19.6 Å². The number of benzene rings is 1. The quantitative estimate of drug-likeness (QED) is 0.658. The summed E-state index contributed by atoms with van der Waals surface area (Å²) in [5, 5.41) is 3.06. The number of aryl methyl sites for hydroxylation is 1. The lowest BCUT2D eigenvalue weighted by molar-refractivity contribution is -0.126. The van der Waals surface area contributed by atoms with Crippen LogP contribution in [0.1, 0.15) is 35.4 Å². The van der Waals surface area contributed by atoms with Crippen molar-refractivity contribution in [3.63, 3.8) is 0 Å². The highest BCUT2D eigenvalue weighted by atomic mass is 16.2. The van der Waals surface area contributed by atoms with Gasteiger partial charge in [-0.15, -0.1) is 0 Å². The Labute approximate surface area is 170 Å².